The third-order valence-corrected chi connectivity index (χ3v) is 8.18. The Morgan fingerprint density at radius 1 is 1.03 bits per heavy atom. The molecule has 0 spiro atoms. The first kappa shape index (κ1) is 22.9. The zero-order valence-electron chi connectivity index (χ0n) is 19.7. The number of rotatable bonds is 6. The minimum absolute atomic E-state index is 0.0123. The highest BCUT2D eigenvalue weighted by Gasteiger charge is 2.53. The van der Waals surface area contributed by atoms with E-state index in [0.29, 0.717) is 43.4 Å². The molecule has 1 amide bonds. The smallest absolute Gasteiger partial charge is 0.307 e. The maximum Gasteiger partial charge on any atom is 0.307 e. The molecule has 2 fully saturated rings. The lowest BCUT2D eigenvalue weighted by atomic mass is 9.78. The van der Waals surface area contributed by atoms with Gasteiger partial charge in [0.15, 0.2) is 11.5 Å². The van der Waals surface area contributed by atoms with Gasteiger partial charge in [-0.3, -0.25) is 9.59 Å². The van der Waals surface area contributed by atoms with E-state index in [1.807, 2.05) is 23.1 Å². The van der Waals surface area contributed by atoms with Gasteiger partial charge in [-0.15, -0.1) is 0 Å². The van der Waals surface area contributed by atoms with Crippen LogP contribution in [0.3, 0.4) is 0 Å². The number of nitrogens with zero attached hydrogens (tertiary/aromatic N) is 1. The minimum Gasteiger partial charge on any atom is -0.493 e. The van der Waals surface area contributed by atoms with E-state index < -0.39 is 17.8 Å². The van der Waals surface area contributed by atoms with Gasteiger partial charge < -0.3 is 24.2 Å². The number of fused-ring (bicyclic) bond motifs is 3. The number of amides is 1. The molecular weight excluding hydrogens is 465 g/mol. The highest BCUT2D eigenvalue weighted by Crippen LogP contribution is 2.49. The average Bonchev–Trinajstić information content (AvgIpc) is 3.63. The first-order valence-corrected chi connectivity index (χ1v) is 12.5. The van der Waals surface area contributed by atoms with Crippen LogP contribution in [-0.2, 0) is 9.59 Å². The lowest BCUT2D eigenvalue weighted by molar-refractivity contribution is -0.152. The number of allylic oxidation sites excluding steroid dienone is 2. The van der Waals surface area contributed by atoms with Gasteiger partial charge in [0.05, 0.1) is 18.4 Å². The molecule has 2 aliphatic carbocycles. The van der Waals surface area contributed by atoms with Crippen LogP contribution in [0.15, 0.2) is 54.6 Å². The molecule has 2 aliphatic heterocycles. The summed E-state index contributed by atoms with van der Waals surface area (Å²) in [5.41, 5.74) is 1.01. The Bertz CT molecular complexity index is 1200. The number of benzene rings is 2. The number of likely N-dealkylation sites (tertiary alicyclic amines) is 1. The second-order valence-electron chi connectivity index (χ2n) is 10.2. The third kappa shape index (κ3) is 4.08. The summed E-state index contributed by atoms with van der Waals surface area (Å²) >= 11 is 0. The Morgan fingerprint density at radius 3 is 2.56 bits per heavy atom. The molecule has 6 atom stereocenters. The molecule has 2 aromatic rings. The van der Waals surface area contributed by atoms with Crippen molar-refractivity contribution in [2.24, 2.45) is 29.6 Å². The average molecular weight is 494 g/mol. The van der Waals surface area contributed by atoms with Gasteiger partial charge in [-0.25, -0.2) is 4.39 Å². The molecule has 7 nitrogen and oxygen atoms in total. The van der Waals surface area contributed by atoms with Crippen LogP contribution in [0.25, 0.3) is 0 Å². The Morgan fingerprint density at radius 2 is 1.78 bits per heavy atom. The topological polar surface area (TPSA) is 85.3 Å². The summed E-state index contributed by atoms with van der Waals surface area (Å²) in [5, 5.41) is 9.82. The van der Waals surface area contributed by atoms with Crippen molar-refractivity contribution < 1.29 is 33.3 Å². The number of aliphatic carboxylic acids is 1. The Balaban J connectivity index is 1.21. The second-order valence-corrected chi connectivity index (χ2v) is 10.2. The summed E-state index contributed by atoms with van der Waals surface area (Å²) < 4.78 is 30.6. The largest absolute Gasteiger partial charge is 0.493 e. The van der Waals surface area contributed by atoms with Crippen LogP contribution in [0.1, 0.15) is 24.3 Å². The molecule has 0 unspecified atom stereocenters. The van der Waals surface area contributed by atoms with Gasteiger partial charge in [0.2, 0.25) is 12.7 Å². The van der Waals surface area contributed by atoms with Gasteiger partial charge in [0.1, 0.15) is 11.6 Å². The number of carbonyl (C=O) groups excluding carboxylic acids is 1. The highest BCUT2D eigenvalue weighted by atomic mass is 19.1. The van der Waals surface area contributed by atoms with Gasteiger partial charge in [0, 0.05) is 25.1 Å². The normalized spacial score (nSPS) is 30.0. The molecule has 6 rings (SSSR count). The Labute approximate surface area is 208 Å². The van der Waals surface area contributed by atoms with Crippen LogP contribution in [0.5, 0.6) is 17.2 Å². The third-order valence-electron chi connectivity index (χ3n) is 8.18. The maximum absolute atomic E-state index is 13.6. The first-order valence-electron chi connectivity index (χ1n) is 12.5. The molecule has 0 radical (unpaired) electrons. The Kier molecular flexibility index (Phi) is 5.82. The number of hydrogen-bond donors (Lipinski definition) is 1. The molecule has 1 saturated carbocycles. The number of carboxylic acid groups (broad SMARTS) is 1. The SMILES string of the molecule is O=C(O)[C@H]1[C@@H](C(=O)N2CC[C@H](c3ccc(F)cc3)[C@H](COc3ccc4c(c3)OCO4)C2)[C@@H]2C=C[C@@H]1C2. The van der Waals surface area contributed by atoms with Crippen molar-refractivity contribution in [3.8, 4) is 17.2 Å². The highest BCUT2D eigenvalue weighted by molar-refractivity contribution is 5.87. The number of carboxylic acids is 1. The van der Waals surface area contributed by atoms with E-state index in [1.165, 1.54) is 12.1 Å². The van der Waals surface area contributed by atoms with Crippen molar-refractivity contribution in [1.29, 1.82) is 0 Å². The molecule has 8 heteroatoms. The van der Waals surface area contributed by atoms with Crippen LogP contribution in [0.4, 0.5) is 4.39 Å². The molecular formula is C28H28FNO6. The van der Waals surface area contributed by atoms with E-state index in [2.05, 4.69) is 0 Å². The van der Waals surface area contributed by atoms with Crippen molar-refractivity contribution in [3.63, 3.8) is 0 Å². The summed E-state index contributed by atoms with van der Waals surface area (Å²) in [6.07, 6.45) is 5.39. The van der Waals surface area contributed by atoms with Crippen molar-refractivity contribution in [3.05, 3.63) is 66.0 Å². The monoisotopic (exact) mass is 493 g/mol. The van der Waals surface area contributed by atoms with E-state index in [0.717, 1.165) is 12.0 Å². The fourth-order valence-corrected chi connectivity index (χ4v) is 6.43. The van der Waals surface area contributed by atoms with Gasteiger partial charge in [-0.05, 0) is 60.4 Å². The fourth-order valence-electron chi connectivity index (χ4n) is 6.43. The number of hydrogen-bond acceptors (Lipinski definition) is 5. The number of carbonyl (C=O) groups is 2. The van der Waals surface area contributed by atoms with Crippen LogP contribution >= 0.6 is 0 Å². The van der Waals surface area contributed by atoms with E-state index in [-0.39, 0.29) is 42.2 Å². The molecule has 2 aromatic carbocycles. The molecule has 4 aliphatic rings. The molecule has 188 valence electrons. The number of piperidine rings is 1. The first-order chi connectivity index (χ1) is 17.5. The zero-order valence-corrected chi connectivity index (χ0v) is 19.7. The number of ether oxygens (including phenoxy) is 3. The van der Waals surface area contributed by atoms with Gasteiger partial charge in [-0.2, -0.15) is 0 Å². The zero-order chi connectivity index (χ0) is 24.8. The molecule has 36 heavy (non-hydrogen) atoms. The van der Waals surface area contributed by atoms with Gasteiger partial charge in [-0.1, -0.05) is 24.3 Å². The molecule has 1 N–H and O–H groups in total. The Hall–Kier alpha value is -3.55. The van der Waals surface area contributed by atoms with Gasteiger partial charge in [0.25, 0.3) is 0 Å². The fraction of sp³-hybridized carbons (Fsp3) is 0.429. The van der Waals surface area contributed by atoms with Crippen LogP contribution in [0, 0.1) is 35.4 Å². The van der Waals surface area contributed by atoms with Crippen molar-refractivity contribution in [2.45, 2.75) is 18.8 Å². The molecule has 2 bridgehead atoms. The van der Waals surface area contributed by atoms with Gasteiger partial charge >= 0.3 is 5.97 Å². The summed E-state index contributed by atoms with van der Waals surface area (Å²) in [7, 11) is 0. The summed E-state index contributed by atoms with van der Waals surface area (Å²) in [5.74, 6) is -0.533. The maximum atomic E-state index is 13.6. The number of halogens is 1. The second kappa shape index (κ2) is 9.15. The van der Waals surface area contributed by atoms with Crippen molar-refractivity contribution in [1.82, 2.24) is 4.90 Å². The predicted octanol–water partition coefficient (Wildman–Crippen LogP) is 4.09. The molecule has 2 heterocycles. The van der Waals surface area contributed by atoms with Crippen molar-refractivity contribution >= 4 is 11.9 Å². The standard InChI is InChI=1S/C28H28FNO6/c29-20-5-3-16(4-6-20)22-9-10-30(27(31)25-17-1-2-18(11-17)26(25)28(32)33)13-19(22)14-34-21-7-8-23-24(12-21)36-15-35-23/h1-8,12,17-19,22,25-26H,9-11,13-15H2,(H,32,33)/t17-,18-,19+,22-,25+,26-/m1/s1. The van der Waals surface area contributed by atoms with E-state index in [1.54, 1.807) is 24.3 Å². The van der Waals surface area contributed by atoms with Crippen LogP contribution in [-0.4, -0.2) is 48.4 Å². The van der Waals surface area contributed by atoms with E-state index >= 15 is 0 Å². The summed E-state index contributed by atoms with van der Waals surface area (Å²) in [4.78, 5) is 27.5. The lowest BCUT2D eigenvalue weighted by Gasteiger charge is -2.41. The van der Waals surface area contributed by atoms with Crippen LogP contribution in [0.2, 0.25) is 0 Å². The predicted molar refractivity (Wildman–Crippen MR) is 127 cm³/mol. The lowest BCUT2D eigenvalue weighted by Crippen LogP contribution is -2.49. The summed E-state index contributed by atoms with van der Waals surface area (Å²) in [6.45, 7) is 1.52. The minimum atomic E-state index is -0.894. The van der Waals surface area contributed by atoms with Crippen LogP contribution < -0.4 is 14.2 Å². The molecule has 1 saturated heterocycles. The van der Waals surface area contributed by atoms with E-state index in [4.69, 9.17) is 14.2 Å². The quantitative estimate of drug-likeness (QED) is 0.611. The van der Waals surface area contributed by atoms with Crippen molar-refractivity contribution in [2.75, 3.05) is 26.5 Å². The molecule has 0 aromatic heterocycles. The summed E-state index contributed by atoms with van der Waals surface area (Å²) in [6, 6.07) is 11.9. The van der Waals surface area contributed by atoms with E-state index in [9.17, 15) is 19.1 Å².